The molecule has 0 saturated heterocycles. The molecule has 3 atom stereocenters. The zero-order chi connectivity index (χ0) is 51.6. The van der Waals surface area contributed by atoms with Gasteiger partial charge in [-0.05, 0) is 119 Å². The molecule has 79 heavy (non-hydrogen) atoms. The second-order valence-corrected chi connectivity index (χ2v) is 22.6. The Balaban J connectivity index is 0.00000520. The summed E-state index contributed by atoms with van der Waals surface area (Å²) in [7, 11) is 0. The van der Waals surface area contributed by atoms with Crippen LogP contribution in [0.1, 0.15) is 71.2 Å². The predicted octanol–water partition coefficient (Wildman–Crippen LogP) is 16.3. The molecule has 4 heterocycles. The number of para-hydroxylation sites is 2. The normalized spacial score (nSPS) is 17.7. The Morgan fingerprint density at radius 2 is 1.14 bits per heavy atom. The van der Waals surface area contributed by atoms with E-state index in [-0.39, 0.29) is 37.8 Å². The Kier molecular flexibility index (Phi) is 9.69. The van der Waals surface area contributed by atoms with Gasteiger partial charge in [-0.2, -0.15) is 18.2 Å². The maximum absolute atomic E-state index is 6.79. The number of pyridine rings is 1. The van der Waals surface area contributed by atoms with Crippen molar-refractivity contribution in [3.63, 3.8) is 0 Å². The quantitative estimate of drug-likeness (QED) is 0.127. The van der Waals surface area contributed by atoms with Gasteiger partial charge in [-0.3, -0.25) is 4.57 Å². The van der Waals surface area contributed by atoms with Gasteiger partial charge in [0.2, 0.25) is 0 Å². The fourth-order valence-electron chi connectivity index (χ4n) is 14.8. The van der Waals surface area contributed by atoms with Gasteiger partial charge in [0.25, 0.3) is 6.33 Å². The number of nitrogens with zero attached hydrogens (tertiary/aromatic N) is 4. The number of hydrogen-bond acceptors (Lipinski definition) is 2. The minimum absolute atomic E-state index is 0. The first kappa shape index (κ1) is 46.2. The average Bonchev–Trinajstić information content (AvgIpc) is 2.97. The average molecular weight is 1190 g/mol. The van der Waals surface area contributed by atoms with Crippen LogP contribution in [-0.2, 0) is 37.3 Å². The van der Waals surface area contributed by atoms with E-state index in [1.165, 1.54) is 61.2 Å². The molecule has 0 fully saturated rings. The summed E-state index contributed by atoms with van der Waals surface area (Å²) >= 11 is 0. The van der Waals surface area contributed by atoms with E-state index in [2.05, 4.69) is 259 Å². The number of hydrogen-bond donors (Lipinski definition) is 0. The molecular formula is C73H48N4OPt-2. The maximum Gasteiger partial charge on any atom is 0.268 e. The molecule has 0 bridgehead atoms. The van der Waals surface area contributed by atoms with Crippen molar-refractivity contribution in [2.45, 2.75) is 42.9 Å². The number of benzene rings is 10. The van der Waals surface area contributed by atoms with Gasteiger partial charge in [-0.1, -0.05) is 196 Å². The third-order valence-electron chi connectivity index (χ3n) is 17.8. The molecule has 4 aliphatic rings. The van der Waals surface area contributed by atoms with Gasteiger partial charge in [0, 0.05) is 55.6 Å². The summed E-state index contributed by atoms with van der Waals surface area (Å²) < 4.78 is 13.5. The topological polar surface area (TPSA) is 35.9 Å². The summed E-state index contributed by atoms with van der Waals surface area (Å²) in [6.07, 6.45) is 5.86. The molecule has 13 aromatic rings. The summed E-state index contributed by atoms with van der Waals surface area (Å²) in [5.41, 5.74) is 23.3. The van der Waals surface area contributed by atoms with Crippen LogP contribution in [0.5, 0.6) is 11.5 Å². The Morgan fingerprint density at radius 3 is 1.92 bits per heavy atom. The van der Waals surface area contributed by atoms with E-state index in [9.17, 15) is 0 Å². The minimum atomic E-state index is -0.394. The Bertz CT molecular complexity index is 4740. The number of ether oxygens (including phenoxy) is 1. The molecular weight excluding hydrogens is 1140 g/mol. The SMILES string of the molecule is CC(C)(C)c1ccnc(-n2c3[c-]c(Oc4[c-]c(-n5[c-][n+]6c7c(cccc75)-c5ccccc5-c5ccccc5-c5cc(C78c9ccccc9C9c%10ccccc%10C97c7ccccc78)ccc5-6)ccc4)ccc3c3ccccc32)c1.[Pt]. The smallest absolute Gasteiger partial charge is 0.268 e. The van der Waals surface area contributed by atoms with Crippen LogP contribution in [-0.4, -0.2) is 14.1 Å². The summed E-state index contributed by atoms with van der Waals surface area (Å²) in [6.45, 7) is 6.70. The number of aromatic nitrogens is 4. The molecule has 5 nitrogen and oxygen atoms in total. The molecule has 10 aromatic carbocycles. The molecule has 0 radical (unpaired) electrons. The number of imidazole rings is 1. The van der Waals surface area contributed by atoms with Crippen molar-refractivity contribution in [3.8, 4) is 62.1 Å². The van der Waals surface area contributed by atoms with Crippen LogP contribution < -0.4 is 9.30 Å². The Hall–Kier alpha value is -8.89. The van der Waals surface area contributed by atoms with Crippen LogP contribution in [0.15, 0.2) is 231 Å². The minimum Gasteiger partial charge on any atom is -0.510 e. The maximum atomic E-state index is 6.79. The predicted molar refractivity (Wildman–Crippen MR) is 310 cm³/mol. The molecule has 0 amide bonds. The van der Waals surface area contributed by atoms with Crippen molar-refractivity contribution in [1.82, 2.24) is 14.1 Å². The molecule has 3 aromatic heterocycles. The molecule has 3 aliphatic carbocycles. The third kappa shape index (κ3) is 5.98. The summed E-state index contributed by atoms with van der Waals surface area (Å²) in [5.74, 6) is 2.28. The van der Waals surface area contributed by atoms with Crippen LogP contribution in [0.25, 0.3) is 83.4 Å². The van der Waals surface area contributed by atoms with Crippen molar-refractivity contribution in [3.05, 3.63) is 294 Å². The molecule has 1 aliphatic heterocycles. The zero-order valence-electron chi connectivity index (χ0n) is 43.5. The largest absolute Gasteiger partial charge is 0.510 e. The second-order valence-electron chi connectivity index (χ2n) is 22.6. The van der Waals surface area contributed by atoms with Gasteiger partial charge in [-0.25, -0.2) is 4.98 Å². The molecule has 6 heteroatoms. The Labute approximate surface area is 473 Å². The van der Waals surface area contributed by atoms with Crippen molar-refractivity contribution in [2.24, 2.45) is 0 Å². The first-order valence-electron chi connectivity index (χ1n) is 27.1. The van der Waals surface area contributed by atoms with Gasteiger partial charge in [0.15, 0.2) is 0 Å². The monoisotopic (exact) mass is 1190 g/mol. The first-order valence-corrected chi connectivity index (χ1v) is 27.1. The number of fused-ring (bicyclic) bond motifs is 17. The van der Waals surface area contributed by atoms with Crippen LogP contribution in [0.2, 0.25) is 0 Å². The molecule has 0 N–H and O–H groups in total. The molecule has 1 spiro atoms. The van der Waals surface area contributed by atoms with Crippen molar-refractivity contribution >= 4 is 32.8 Å². The van der Waals surface area contributed by atoms with Crippen molar-refractivity contribution < 1.29 is 30.4 Å². The van der Waals surface area contributed by atoms with E-state index in [0.717, 1.165) is 66.7 Å². The van der Waals surface area contributed by atoms with E-state index in [1.807, 2.05) is 24.4 Å². The van der Waals surface area contributed by atoms with Gasteiger partial charge in [-0.15, -0.1) is 29.7 Å². The van der Waals surface area contributed by atoms with E-state index >= 15 is 0 Å². The first-order chi connectivity index (χ1) is 38.3. The van der Waals surface area contributed by atoms with Crippen LogP contribution >= 0.6 is 0 Å². The molecule has 0 saturated carbocycles. The van der Waals surface area contributed by atoms with E-state index in [1.54, 1.807) is 0 Å². The third-order valence-corrected chi connectivity index (χ3v) is 17.8. The van der Waals surface area contributed by atoms with E-state index in [0.29, 0.717) is 11.5 Å². The molecule has 378 valence electrons. The molecule has 3 unspecified atom stereocenters. The van der Waals surface area contributed by atoms with Crippen molar-refractivity contribution in [1.29, 1.82) is 0 Å². The summed E-state index contributed by atoms with van der Waals surface area (Å²) in [4.78, 5) is 4.90. The van der Waals surface area contributed by atoms with Gasteiger partial charge >= 0.3 is 0 Å². The fourth-order valence-corrected chi connectivity index (χ4v) is 14.8. The van der Waals surface area contributed by atoms with Crippen LogP contribution in [0.4, 0.5) is 0 Å². The van der Waals surface area contributed by atoms with E-state index in [4.69, 9.17) is 9.72 Å². The zero-order valence-corrected chi connectivity index (χ0v) is 45.8. The van der Waals surface area contributed by atoms with Crippen LogP contribution in [0, 0.1) is 18.5 Å². The van der Waals surface area contributed by atoms with Crippen molar-refractivity contribution in [2.75, 3.05) is 0 Å². The second kappa shape index (κ2) is 16.6. The van der Waals surface area contributed by atoms with Crippen LogP contribution in [0.3, 0.4) is 0 Å². The Morgan fingerprint density at radius 1 is 0.519 bits per heavy atom. The van der Waals surface area contributed by atoms with Gasteiger partial charge < -0.3 is 13.9 Å². The summed E-state index contributed by atoms with van der Waals surface area (Å²) in [6, 6.07) is 90.0. The van der Waals surface area contributed by atoms with Gasteiger partial charge in [0.1, 0.15) is 5.82 Å². The summed E-state index contributed by atoms with van der Waals surface area (Å²) in [5, 5.41) is 2.22. The van der Waals surface area contributed by atoms with E-state index < -0.39 is 5.41 Å². The molecule has 17 rings (SSSR count). The van der Waals surface area contributed by atoms with Gasteiger partial charge in [0.05, 0.1) is 22.1 Å². The standard InChI is InChI=1S/C73H48N4O.Pt/c1-71(2,3)45-38-39-74-68(41-45)77-65-32-15-10-24-54(65)55-36-35-49(43-67(55)77)78-48-19-16-18-47(42-48)75-44-76-64-37-34-46(40-59(64)53-23-7-5-21-51(53)50-20-4-6-22-52(50)56-27-17-33-66(75)70(56)76)72-60-28-11-8-25-57(60)69-58-26-9-12-29-61(58)73(69,72)63-31-14-13-30-62(63)72;/h4-41,69H,1-3H3;/q-2;. The fraction of sp³-hybridized carbons (Fsp3) is 0.0959. The number of rotatable bonds is 5.